The van der Waals surface area contributed by atoms with E-state index in [1.165, 1.54) is 19.2 Å². The topological polar surface area (TPSA) is 93.5 Å². The van der Waals surface area contributed by atoms with Gasteiger partial charge in [-0.1, -0.05) is 41.0 Å². The van der Waals surface area contributed by atoms with Crippen molar-refractivity contribution in [2.45, 2.75) is 18.5 Å². The molecule has 0 bridgehead atoms. The number of amides is 2. The van der Waals surface area contributed by atoms with Gasteiger partial charge in [-0.2, -0.15) is 0 Å². The van der Waals surface area contributed by atoms with Crippen molar-refractivity contribution in [2.24, 2.45) is 0 Å². The molecule has 0 spiro atoms. The zero-order valence-corrected chi connectivity index (χ0v) is 18.5. The van der Waals surface area contributed by atoms with Crippen molar-refractivity contribution >= 4 is 39.3 Å². The van der Waals surface area contributed by atoms with Crippen LogP contribution in [0.25, 0.3) is 0 Å². The average Bonchev–Trinajstić information content (AvgIpc) is 3.31. The van der Waals surface area contributed by atoms with Gasteiger partial charge in [-0.3, -0.25) is 9.59 Å². The summed E-state index contributed by atoms with van der Waals surface area (Å²) >= 11 is 8.94. The first-order chi connectivity index (χ1) is 14.9. The van der Waals surface area contributed by atoms with E-state index in [1.807, 2.05) is 24.3 Å². The number of carbonyl (C=O) groups is 2. The molecule has 160 valence electrons. The molecule has 0 saturated carbocycles. The molecule has 2 aromatic carbocycles. The average molecular weight is 509 g/mol. The summed E-state index contributed by atoms with van der Waals surface area (Å²) in [6, 6.07) is 10.4. The minimum atomic E-state index is -0.663. The van der Waals surface area contributed by atoms with E-state index in [1.54, 1.807) is 0 Å². The molecule has 2 amide bonds. The molecule has 1 heterocycles. The molecule has 3 aromatic rings. The number of hydrogen-bond donors (Lipinski definition) is 2. The lowest BCUT2D eigenvalue weighted by Crippen LogP contribution is -2.44. The van der Waals surface area contributed by atoms with E-state index in [0.717, 1.165) is 17.2 Å². The summed E-state index contributed by atoms with van der Waals surface area (Å²) in [6.45, 7) is 0. The highest BCUT2D eigenvalue weighted by Crippen LogP contribution is 2.33. The summed E-state index contributed by atoms with van der Waals surface area (Å²) < 4.78 is 24.4. The molecule has 1 aromatic heterocycles. The lowest BCUT2D eigenvalue weighted by molar-refractivity contribution is 0.0865. The molecule has 0 unspecified atom stereocenters. The smallest absolute Gasteiger partial charge is 0.290 e. The third-order valence-electron chi connectivity index (χ3n) is 5.01. The first-order valence-corrected chi connectivity index (χ1v) is 10.4. The second-order valence-electron chi connectivity index (χ2n) is 6.92. The van der Waals surface area contributed by atoms with Crippen LogP contribution in [0.4, 0.5) is 4.39 Å². The molecule has 2 N–H and O–H groups in total. The first kappa shape index (κ1) is 21.3. The Morgan fingerprint density at radius 2 is 2.00 bits per heavy atom. The summed E-state index contributed by atoms with van der Waals surface area (Å²) in [5, 5.41) is 9.32. The lowest BCUT2D eigenvalue weighted by Gasteiger charge is -2.23. The first-order valence-electron chi connectivity index (χ1n) is 9.22. The standard InChI is InChI=1S/C21H16BrClFN3O4/c1-30-19-13(22)6-11(7-14(19)24)20(28)25-15-8-10-4-2-3-5-12(10)18(15)26-21(29)16-9-17(23)27-31-16/h2-7,9,15,18H,8H2,1H3,(H,25,28)(H,26,29)/t15-,18-/m1/s1. The van der Waals surface area contributed by atoms with Gasteiger partial charge in [-0.15, -0.1) is 0 Å². The van der Waals surface area contributed by atoms with Gasteiger partial charge in [0.05, 0.1) is 23.7 Å². The molecule has 4 rings (SSSR count). The Hall–Kier alpha value is -2.91. The van der Waals surface area contributed by atoms with Crippen LogP contribution >= 0.6 is 27.5 Å². The summed E-state index contributed by atoms with van der Waals surface area (Å²) in [4.78, 5) is 25.5. The minimum Gasteiger partial charge on any atom is -0.492 e. The van der Waals surface area contributed by atoms with Crippen molar-refractivity contribution in [3.8, 4) is 5.75 Å². The molecule has 1 aliphatic rings. The van der Waals surface area contributed by atoms with E-state index in [-0.39, 0.29) is 22.2 Å². The molecule has 0 saturated heterocycles. The number of hydrogen-bond acceptors (Lipinski definition) is 5. The molecule has 0 radical (unpaired) electrons. The Morgan fingerprint density at radius 1 is 1.23 bits per heavy atom. The molecule has 2 atom stereocenters. The molecule has 7 nitrogen and oxygen atoms in total. The van der Waals surface area contributed by atoms with Crippen LogP contribution in [0.5, 0.6) is 5.75 Å². The maximum absolute atomic E-state index is 14.2. The van der Waals surface area contributed by atoms with Gasteiger partial charge in [0.1, 0.15) is 0 Å². The summed E-state index contributed by atoms with van der Waals surface area (Å²) in [6.07, 6.45) is 0.490. The van der Waals surface area contributed by atoms with Crippen LogP contribution in [0.3, 0.4) is 0 Å². The van der Waals surface area contributed by atoms with Crippen LogP contribution in [-0.2, 0) is 6.42 Å². The molecule has 0 aliphatic heterocycles. The van der Waals surface area contributed by atoms with E-state index in [4.69, 9.17) is 20.9 Å². The third kappa shape index (κ3) is 4.28. The number of benzene rings is 2. The van der Waals surface area contributed by atoms with Crippen molar-refractivity contribution in [3.05, 3.63) is 80.4 Å². The summed E-state index contributed by atoms with van der Waals surface area (Å²) in [5.74, 6) is -1.69. The normalized spacial score (nSPS) is 17.2. The monoisotopic (exact) mass is 507 g/mol. The van der Waals surface area contributed by atoms with Crippen molar-refractivity contribution in [2.75, 3.05) is 7.11 Å². The van der Waals surface area contributed by atoms with Crippen molar-refractivity contribution in [1.29, 1.82) is 0 Å². The van der Waals surface area contributed by atoms with E-state index >= 15 is 0 Å². The van der Waals surface area contributed by atoms with Crippen molar-refractivity contribution in [1.82, 2.24) is 15.8 Å². The highest BCUT2D eigenvalue weighted by Gasteiger charge is 2.35. The van der Waals surface area contributed by atoms with Gasteiger partial charge in [-0.05, 0) is 45.6 Å². The van der Waals surface area contributed by atoms with E-state index in [9.17, 15) is 14.0 Å². The number of carbonyl (C=O) groups excluding carboxylic acids is 2. The van der Waals surface area contributed by atoms with Gasteiger partial charge in [0.2, 0.25) is 5.76 Å². The third-order valence-corrected chi connectivity index (χ3v) is 5.77. The fraction of sp³-hybridized carbons (Fsp3) is 0.190. The van der Waals surface area contributed by atoms with Crippen LogP contribution in [0, 0.1) is 5.82 Å². The maximum atomic E-state index is 14.2. The van der Waals surface area contributed by atoms with Gasteiger partial charge in [0, 0.05) is 11.6 Å². The highest BCUT2D eigenvalue weighted by atomic mass is 79.9. The highest BCUT2D eigenvalue weighted by molar-refractivity contribution is 9.10. The lowest BCUT2D eigenvalue weighted by atomic mass is 10.1. The van der Waals surface area contributed by atoms with E-state index in [0.29, 0.717) is 10.9 Å². The van der Waals surface area contributed by atoms with Crippen LogP contribution < -0.4 is 15.4 Å². The Morgan fingerprint density at radius 3 is 2.68 bits per heavy atom. The number of fused-ring (bicyclic) bond motifs is 1. The number of nitrogens with one attached hydrogen (secondary N) is 2. The Kier molecular flexibility index (Phi) is 5.97. The van der Waals surface area contributed by atoms with Gasteiger partial charge in [0.25, 0.3) is 11.8 Å². The predicted molar refractivity (Wildman–Crippen MR) is 114 cm³/mol. The number of methoxy groups -OCH3 is 1. The molecular formula is C21H16BrClFN3O4. The van der Waals surface area contributed by atoms with Gasteiger partial charge in [-0.25, -0.2) is 4.39 Å². The predicted octanol–water partition coefficient (Wildman–Crippen LogP) is 4.06. The number of rotatable bonds is 5. The van der Waals surface area contributed by atoms with Gasteiger partial charge < -0.3 is 19.9 Å². The molecule has 31 heavy (non-hydrogen) atoms. The summed E-state index contributed by atoms with van der Waals surface area (Å²) in [5.41, 5.74) is 1.97. The second kappa shape index (κ2) is 8.68. The van der Waals surface area contributed by atoms with Crippen LogP contribution in [0.15, 0.2) is 51.5 Å². The second-order valence-corrected chi connectivity index (χ2v) is 8.16. The minimum absolute atomic E-state index is 0.0145. The molecule has 10 heteroatoms. The van der Waals surface area contributed by atoms with E-state index < -0.39 is 29.7 Å². The number of ether oxygens (including phenoxy) is 1. The zero-order valence-electron chi connectivity index (χ0n) is 16.1. The summed E-state index contributed by atoms with van der Waals surface area (Å²) in [7, 11) is 1.34. The quantitative estimate of drug-likeness (QED) is 0.542. The Bertz CT molecular complexity index is 1150. The molecule has 0 fully saturated rings. The van der Waals surface area contributed by atoms with Crippen LogP contribution in [0.1, 0.15) is 38.1 Å². The number of halogens is 3. The van der Waals surface area contributed by atoms with Crippen molar-refractivity contribution in [3.63, 3.8) is 0 Å². The SMILES string of the molecule is COc1c(F)cc(C(=O)N[C@@H]2Cc3ccccc3[C@H]2NC(=O)c2cc(Cl)no2)cc1Br. The maximum Gasteiger partial charge on any atom is 0.290 e. The fourth-order valence-electron chi connectivity index (χ4n) is 3.62. The zero-order chi connectivity index (χ0) is 22.1. The molecule has 1 aliphatic carbocycles. The Labute approximate surface area is 190 Å². The van der Waals surface area contributed by atoms with Crippen molar-refractivity contribution < 1.29 is 23.2 Å². The Balaban J connectivity index is 1.58. The fourth-order valence-corrected chi connectivity index (χ4v) is 4.35. The van der Waals surface area contributed by atoms with Crippen LogP contribution in [0.2, 0.25) is 5.15 Å². The molecular weight excluding hydrogens is 493 g/mol. The van der Waals surface area contributed by atoms with Gasteiger partial charge >= 0.3 is 0 Å². The van der Waals surface area contributed by atoms with Gasteiger partial charge in [0.15, 0.2) is 16.7 Å². The largest absolute Gasteiger partial charge is 0.492 e. The number of nitrogens with zero attached hydrogens (tertiary/aromatic N) is 1. The number of aromatic nitrogens is 1. The van der Waals surface area contributed by atoms with Crippen LogP contribution in [-0.4, -0.2) is 30.1 Å². The van der Waals surface area contributed by atoms with E-state index in [2.05, 4.69) is 31.7 Å².